The van der Waals surface area contributed by atoms with Gasteiger partial charge in [0.25, 0.3) is 0 Å². The Morgan fingerprint density at radius 3 is 2.68 bits per heavy atom. The molecule has 1 fully saturated rings. The minimum atomic E-state index is -3.38. The predicted molar refractivity (Wildman–Crippen MR) is 66.5 cm³/mol. The first kappa shape index (κ1) is 12.3. The molecule has 1 heterocycles. The molecule has 0 aromatic heterocycles. The van der Waals surface area contributed by atoms with Gasteiger partial charge in [-0.3, -0.25) is 0 Å². The molecule has 3 atom stereocenters. The van der Waals surface area contributed by atoms with Crippen LogP contribution in [0.15, 0.2) is 18.2 Å². The molecule has 2 N–H and O–H groups in total. The number of hydrogen-bond acceptors (Lipinski definition) is 6. The average Bonchev–Trinajstić information content (AvgIpc) is 2.77. The molecular weight excluding hydrogens is 268 g/mol. The van der Waals surface area contributed by atoms with Gasteiger partial charge in [-0.25, -0.2) is 8.42 Å². The molecule has 1 aromatic rings. The zero-order valence-electron chi connectivity index (χ0n) is 10.2. The molecular formula is C12H12N2O4S. The van der Waals surface area contributed by atoms with E-state index in [1.54, 1.807) is 18.2 Å². The molecule has 0 amide bonds. The van der Waals surface area contributed by atoms with E-state index in [0.29, 0.717) is 17.1 Å². The van der Waals surface area contributed by atoms with Crippen molar-refractivity contribution in [1.29, 1.82) is 5.26 Å². The summed E-state index contributed by atoms with van der Waals surface area (Å²) in [5, 5.41) is 8.26. The number of nitriles is 1. The van der Waals surface area contributed by atoms with Crippen LogP contribution in [-0.4, -0.2) is 32.3 Å². The van der Waals surface area contributed by atoms with E-state index >= 15 is 0 Å². The Bertz CT molecular complexity index is 694. The third-order valence-corrected chi connectivity index (χ3v) is 5.17. The fourth-order valence-corrected chi connectivity index (χ4v) is 4.37. The van der Waals surface area contributed by atoms with Crippen LogP contribution >= 0.6 is 0 Å². The third kappa shape index (κ3) is 1.68. The highest BCUT2D eigenvalue weighted by atomic mass is 32.2. The van der Waals surface area contributed by atoms with Crippen LogP contribution in [0, 0.1) is 11.3 Å². The number of nitrogens with two attached hydrogens (primary N) is 1. The first-order valence-electron chi connectivity index (χ1n) is 5.66. The molecule has 0 radical (unpaired) electrons. The minimum Gasteiger partial charge on any atom is -0.454 e. The maximum absolute atomic E-state index is 11.7. The van der Waals surface area contributed by atoms with Crippen LogP contribution in [0.2, 0.25) is 0 Å². The van der Waals surface area contributed by atoms with Crippen LogP contribution in [0.3, 0.4) is 0 Å². The van der Waals surface area contributed by atoms with Crippen LogP contribution in [0.5, 0.6) is 11.5 Å². The second-order valence-corrected chi connectivity index (χ2v) is 7.05. The summed E-state index contributed by atoms with van der Waals surface area (Å²) < 4.78 is 33.8. The highest BCUT2D eigenvalue weighted by molar-refractivity contribution is 7.91. The first-order valence-corrected chi connectivity index (χ1v) is 7.62. The maximum atomic E-state index is 11.7. The van der Waals surface area contributed by atoms with Crippen molar-refractivity contribution in [1.82, 2.24) is 0 Å². The molecule has 0 spiro atoms. The van der Waals surface area contributed by atoms with Gasteiger partial charge in [0.1, 0.15) is 10.8 Å². The van der Waals surface area contributed by atoms with Gasteiger partial charge in [0.15, 0.2) is 21.3 Å². The standard InChI is InChI=1S/C12H12N2O4S/c1-19(15,16)11-10(12(11,14)5-13)7-2-3-8-9(4-7)18-6-17-8/h2-4,10-11H,6,14H2,1H3/t10-,11+,12+/m0/s1. The fraction of sp³-hybridized carbons (Fsp3) is 0.417. The van der Waals surface area contributed by atoms with Crippen molar-refractivity contribution in [2.75, 3.05) is 13.0 Å². The normalized spacial score (nSPS) is 31.8. The lowest BCUT2D eigenvalue weighted by Crippen LogP contribution is -2.28. The predicted octanol–water partition coefficient (Wildman–Crippen LogP) is 0.147. The number of rotatable bonds is 2. The SMILES string of the molecule is CS(=O)(=O)[C@@H]1[C@H](c2ccc3c(c2)OCO3)[C@]1(N)C#N. The molecule has 2 aliphatic rings. The average molecular weight is 280 g/mol. The van der Waals surface area contributed by atoms with E-state index < -0.39 is 26.5 Å². The second-order valence-electron chi connectivity index (χ2n) is 4.89. The van der Waals surface area contributed by atoms with Gasteiger partial charge in [-0.2, -0.15) is 5.26 Å². The zero-order valence-corrected chi connectivity index (χ0v) is 11.0. The minimum absolute atomic E-state index is 0.144. The molecule has 1 saturated carbocycles. The van der Waals surface area contributed by atoms with Crippen molar-refractivity contribution in [2.45, 2.75) is 16.7 Å². The topological polar surface area (TPSA) is 102 Å². The van der Waals surface area contributed by atoms with Crippen LogP contribution in [0.1, 0.15) is 11.5 Å². The van der Waals surface area contributed by atoms with E-state index in [9.17, 15) is 8.42 Å². The quantitative estimate of drug-likeness (QED) is 0.827. The molecule has 0 unspecified atom stereocenters. The maximum Gasteiger partial charge on any atom is 0.231 e. The van der Waals surface area contributed by atoms with Gasteiger partial charge in [0, 0.05) is 12.2 Å². The van der Waals surface area contributed by atoms with Crippen LogP contribution in [0.4, 0.5) is 0 Å². The van der Waals surface area contributed by atoms with E-state index in [2.05, 4.69) is 0 Å². The van der Waals surface area contributed by atoms with Crippen LogP contribution in [-0.2, 0) is 9.84 Å². The smallest absolute Gasteiger partial charge is 0.231 e. The molecule has 1 aliphatic carbocycles. The van der Waals surface area contributed by atoms with Crippen molar-refractivity contribution in [2.24, 2.45) is 5.73 Å². The molecule has 100 valence electrons. The summed E-state index contributed by atoms with van der Waals surface area (Å²) in [6.07, 6.45) is 1.10. The van der Waals surface area contributed by atoms with Gasteiger partial charge in [0.2, 0.25) is 6.79 Å². The Balaban J connectivity index is 2.02. The van der Waals surface area contributed by atoms with Crippen molar-refractivity contribution in [3.8, 4) is 17.6 Å². The summed E-state index contributed by atoms with van der Waals surface area (Å²) in [7, 11) is -3.38. The van der Waals surface area contributed by atoms with Crippen LogP contribution in [0.25, 0.3) is 0 Å². The lowest BCUT2D eigenvalue weighted by atomic mass is 10.1. The summed E-state index contributed by atoms with van der Waals surface area (Å²) in [4.78, 5) is 0. The lowest BCUT2D eigenvalue weighted by molar-refractivity contribution is 0.174. The Hall–Kier alpha value is -1.78. The second kappa shape index (κ2) is 3.62. The molecule has 3 rings (SSSR count). The zero-order chi connectivity index (χ0) is 13.8. The lowest BCUT2D eigenvalue weighted by Gasteiger charge is -2.02. The molecule has 1 aliphatic heterocycles. The van der Waals surface area contributed by atoms with Gasteiger partial charge in [-0.05, 0) is 17.7 Å². The van der Waals surface area contributed by atoms with E-state index in [4.69, 9.17) is 20.5 Å². The molecule has 1 aromatic carbocycles. The summed E-state index contributed by atoms with van der Waals surface area (Å²) in [6.45, 7) is 0.144. The number of nitrogens with zero attached hydrogens (tertiary/aromatic N) is 1. The number of ether oxygens (including phenoxy) is 2. The molecule has 0 bridgehead atoms. The fourth-order valence-electron chi connectivity index (χ4n) is 2.67. The number of sulfone groups is 1. The Kier molecular flexibility index (Phi) is 2.34. The summed E-state index contributed by atoms with van der Waals surface area (Å²) >= 11 is 0. The van der Waals surface area contributed by atoms with Gasteiger partial charge in [0.05, 0.1) is 6.07 Å². The number of hydrogen-bond donors (Lipinski definition) is 1. The Labute approximate surface area is 110 Å². The van der Waals surface area contributed by atoms with Gasteiger partial charge < -0.3 is 15.2 Å². The summed E-state index contributed by atoms with van der Waals surface area (Å²) in [5.41, 5.74) is 5.21. The number of benzene rings is 1. The van der Waals surface area contributed by atoms with E-state index in [1.165, 1.54) is 0 Å². The number of fused-ring (bicyclic) bond motifs is 1. The summed E-state index contributed by atoms with van der Waals surface area (Å²) in [6, 6.07) is 7.03. The van der Waals surface area contributed by atoms with E-state index in [-0.39, 0.29) is 6.79 Å². The van der Waals surface area contributed by atoms with Crippen molar-refractivity contribution in [3.63, 3.8) is 0 Å². The molecule has 6 nitrogen and oxygen atoms in total. The third-order valence-electron chi connectivity index (χ3n) is 3.59. The van der Waals surface area contributed by atoms with E-state index in [1.807, 2.05) is 6.07 Å². The molecule has 7 heteroatoms. The monoisotopic (exact) mass is 280 g/mol. The first-order chi connectivity index (χ1) is 8.88. The Morgan fingerprint density at radius 2 is 2.11 bits per heavy atom. The van der Waals surface area contributed by atoms with Gasteiger partial charge in [-0.1, -0.05) is 6.07 Å². The largest absolute Gasteiger partial charge is 0.454 e. The van der Waals surface area contributed by atoms with Gasteiger partial charge >= 0.3 is 0 Å². The Morgan fingerprint density at radius 1 is 1.42 bits per heavy atom. The van der Waals surface area contributed by atoms with Crippen LogP contribution < -0.4 is 15.2 Å². The highest BCUT2D eigenvalue weighted by Crippen LogP contribution is 2.54. The van der Waals surface area contributed by atoms with Crippen molar-refractivity contribution in [3.05, 3.63) is 23.8 Å². The van der Waals surface area contributed by atoms with E-state index in [0.717, 1.165) is 6.26 Å². The molecule has 0 saturated heterocycles. The summed E-state index contributed by atoms with van der Waals surface area (Å²) in [5.74, 6) is 0.638. The van der Waals surface area contributed by atoms with Crippen molar-refractivity contribution < 1.29 is 17.9 Å². The van der Waals surface area contributed by atoms with Gasteiger partial charge in [-0.15, -0.1) is 0 Å². The molecule has 19 heavy (non-hydrogen) atoms. The highest BCUT2D eigenvalue weighted by Gasteiger charge is 2.69. The van der Waals surface area contributed by atoms with Crippen molar-refractivity contribution >= 4 is 9.84 Å².